The summed E-state index contributed by atoms with van der Waals surface area (Å²) >= 11 is 0. The van der Waals surface area contributed by atoms with Crippen molar-refractivity contribution in [2.24, 2.45) is 0 Å². The number of nitrogens with zero attached hydrogens (tertiary/aromatic N) is 4. The van der Waals surface area contributed by atoms with Gasteiger partial charge in [-0.25, -0.2) is 9.48 Å². The van der Waals surface area contributed by atoms with E-state index in [1.807, 2.05) is 29.2 Å². The molecule has 1 fully saturated rings. The van der Waals surface area contributed by atoms with Crippen LogP contribution in [0.2, 0.25) is 0 Å². The molecule has 1 aliphatic rings. The maximum Gasteiger partial charge on any atom is 0.322 e. The molecular formula is C17H23N5O. The molecule has 122 valence electrons. The van der Waals surface area contributed by atoms with E-state index in [0.717, 1.165) is 31.6 Å². The van der Waals surface area contributed by atoms with Crippen LogP contribution >= 0.6 is 0 Å². The Balaban J connectivity index is 1.63. The maximum absolute atomic E-state index is 12.5. The van der Waals surface area contributed by atoms with E-state index in [1.54, 1.807) is 17.1 Å². The number of carbonyl (C=O) groups excluding carboxylic acids is 1. The third-order valence-electron chi connectivity index (χ3n) is 4.13. The summed E-state index contributed by atoms with van der Waals surface area (Å²) < 4.78 is 1.77. The van der Waals surface area contributed by atoms with Crippen molar-refractivity contribution in [1.82, 2.24) is 19.7 Å². The first kappa shape index (κ1) is 15.5. The van der Waals surface area contributed by atoms with E-state index in [0.29, 0.717) is 12.4 Å². The highest BCUT2D eigenvalue weighted by atomic mass is 16.2. The zero-order valence-corrected chi connectivity index (χ0v) is 13.3. The zero-order chi connectivity index (χ0) is 15.9. The number of likely N-dealkylation sites (tertiary alicyclic amines) is 1. The summed E-state index contributed by atoms with van der Waals surface area (Å²) in [6.07, 6.45) is 9.33. The second-order valence-corrected chi connectivity index (χ2v) is 5.88. The monoisotopic (exact) mass is 313 g/mol. The molecule has 6 nitrogen and oxygen atoms in total. The minimum atomic E-state index is -0.0327. The van der Waals surface area contributed by atoms with Gasteiger partial charge in [-0.2, -0.15) is 5.10 Å². The molecule has 3 heterocycles. The van der Waals surface area contributed by atoms with Crippen LogP contribution in [0.25, 0.3) is 0 Å². The lowest BCUT2D eigenvalue weighted by molar-refractivity contribution is 0.205. The quantitative estimate of drug-likeness (QED) is 0.947. The molecule has 1 aliphatic heterocycles. The summed E-state index contributed by atoms with van der Waals surface area (Å²) in [6.45, 7) is 2.21. The highest BCUT2D eigenvalue weighted by molar-refractivity contribution is 5.88. The second-order valence-electron chi connectivity index (χ2n) is 5.88. The molecule has 1 N–H and O–H groups in total. The third kappa shape index (κ3) is 4.31. The van der Waals surface area contributed by atoms with Crippen molar-refractivity contribution >= 4 is 11.8 Å². The third-order valence-corrected chi connectivity index (χ3v) is 4.13. The van der Waals surface area contributed by atoms with Crippen LogP contribution in [0.15, 0.2) is 36.7 Å². The molecular weight excluding hydrogens is 290 g/mol. The molecule has 1 saturated heterocycles. The van der Waals surface area contributed by atoms with Gasteiger partial charge >= 0.3 is 6.03 Å². The fourth-order valence-corrected chi connectivity index (χ4v) is 2.85. The minimum absolute atomic E-state index is 0.0327. The van der Waals surface area contributed by atoms with E-state index >= 15 is 0 Å². The van der Waals surface area contributed by atoms with Crippen LogP contribution in [-0.2, 0) is 6.54 Å². The van der Waals surface area contributed by atoms with Gasteiger partial charge in [-0.3, -0.25) is 10.3 Å². The van der Waals surface area contributed by atoms with E-state index < -0.39 is 0 Å². The molecule has 0 radical (unpaired) electrons. The van der Waals surface area contributed by atoms with Gasteiger partial charge in [-0.05, 0) is 25.0 Å². The largest absolute Gasteiger partial charge is 0.325 e. The number of amides is 2. The molecule has 6 heteroatoms. The Morgan fingerprint density at radius 1 is 1.04 bits per heavy atom. The Labute approximate surface area is 136 Å². The van der Waals surface area contributed by atoms with Gasteiger partial charge in [0.2, 0.25) is 0 Å². The number of rotatable bonds is 3. The van der Waals surface area contributed by atoms with E-state index in [1.165, 1.54) is 19.3 Å². The lowest BCUT2D eigenvalue weighted by Gasteiger charge is -2.25. The zero-order valence-electron chi connectivity index (χ0n) is 13.3. The van der Waals surface area contributed by atoms with Crippen LogP contribution in [0.1, 0.15) is 37.8 Å². The van der Waals surface area contributed by atoms with Crippen molar-refractivity contribution in [3.05, 3.63) is 42.4 Å². The van der Waals surface area contributed by atoms with Crippen LogP contribution in [0.3, 0.4) is 0 Å². The Morgan fingerprint density at radius 3 is 2.57 bits per heavy atom. The first-order valence-electron chi connectivity index (χ1n) is 8.30. The summed E-state index contributed by atoms with van der Waals surface area (Å²) in [6, 6.07) is 7.58. The van der Waals surface area contributed by atoms with E-state index in [9.17, 15) is 4.79 Å². The molecule has 2 amide bonds. The molecule has 0 bridgehead atoms. The number of hydrogen-bond donors (Lipinski definition) is 1. The van der Waals surface area contributed by atoms with Gasteiger partial charge in [0.25, 0.3) is 0 Å². The fraction of sp³-hybridized carbons (Fsp3) is 0.471. The van der Waals surface area contributed by atoms with E-state index in [4.69, 9.17) is 0 Å². The molecule has 3 rings (SSSR count). The maximum atomic E-state index is 12.5. The Morgan fingerprint density at radius 2 is 1.83 bits per heavy atom. The van der Waals surface area contributed by atoms with E-state index in [2.05, 4.69) is 15.4 Å². The summed E-state index contributed by atoms with van der Waals surface area (Å²) in [7, 11) is 0. The van der Waals surface area contributed by atoms with Crippen molar-refractivity contribution in [1.29, 1.82) is 0 Å². The van der Waals surface area contributed by atoms with Crippen molar-refractivity contribution in [3.63, 3.8) is 0 Å². The number of pyridine rings is 1. The van der Waals surface area contributed by atoms with Crippen molar-refractivity contribution in [2.45, 2.75) is 38.6 Å². The van der Waals surface area contributed by atoms with Crippen LogP contribution in [0.5, 0.6) is 0 Å². The average molecular weight is 313 g/mol. The lowest BCUT2D eigenvalue weighted by atomic mass is 10.1. The number of carbonyl (C=O) groups is 1. The van der Waals surface area contributed by atoms with Gasteiger partial charge in [0.15, 0.2) is 0 Å². The van der Waals surface area contributed by atoms with Crippen molar-refractivity contribution < 1.29 is 4.79 Å². The summed E-state index contributed by atoms with van der Waals surface area (Å²) in [5, 5.41) is 7.27. The number of urea groups is 1. The van der Waals surface area contributed by atoms with Gasteiger partial charge in [0, 0.05) is 25.4 Å². The molecule has 2 aromatic rings. The molecule has 2 aromatic heterocycles. The Hall–Kier alpha value is -2.37. The Bertz CT molecular complexity index is 617. The van der Waals surface area contributed by atoms with Crippen LogP contribution in [0, 0.1) is 0 Å². The van der Waals surface area contributed by atoms with Crippen LogP contribution in [0.4, 0.5) is 10.6 Å². The summed E-state index contributed by atoms with van der Waals surface area (Å²) in [5.41, 5.74) is 0.915. The molecule has 0 aliphatic carbocycles. The van der Waals surface area contributed by atoms with Gasteiger partial charge in [0.1, 0.15) is 5.82 Å². The summed E-state index contributed by atoms with van der Waals surface area (Å²) in [5.74, 6) is 0.711. The number of aromatic nitrogens is 3. The van der Waals surface area contributed by atoms with Crippen LogP contribution in [-0.4, -0.2) is 38.8 Å². The number of nitrogens with one attached hydrogen (secondary N) is 1. The van der Waals surface area contributed by atoms with Gasteiger partial charge in [-0.1, -0.05) is 25.3 Å². The SMILES string of the molecule is O=C(Nc1ccnn1Cc1ccccn1)N1CCCCCCC1. The Kier molecular flexibility index (Phi) is 5.24. The minimum Gasteiger partial charge on any atom is -0.325 e. The molecule has 0 atom stereocenters. The standard InChI is InChI=1S/C17H23N5O/c23-17(21-12-6-2-1-3-7-13-21)20-16-9-11-19-22(16)14-15-8-4-5-10-18-15/h4-5,8-11H,1-3,6-7,12-14H2,(H,20,23). The molecule has 23 heavy (non-hydrogen) atoms. The predicted octanol–water partition coefficient (Wildman–Crippen LogP) is 3.12. The smallest absolute Gasteiger partial charge is 0.322 e. The highest BCUT2D eigenvalue weighted by Gasteiger charge is 2.16. The first-order chi connectivity index (χ1) is 11.3. The summed E-state index contributed by atoms with van der Waals surface area (Å²) in [4.78, 5) is 18.7. The highest BCUT2D eigenvalue weighted by Crippen LogP contribution is 2.13. The average Bonchev–Trinajstić information content (AvgIpc) is 2.95. The first-order valence-corrected chi connectivity index (χ1v) is 8.30. The van der Waals surface area contributed by atoms with Crippen molar-refractivity contribution in [2.75, 3.05) is 18.4 Å². The van der Waals surface area contributed by atoms with Crippen LogP contribution < -0.4 is 5.32 Å². The van der Waals surface area contributed by atoms with Gasteiger partial charge in [-0.15, -0.1) is 0 Å². The lowest BCUT2D eigenvalue weighted by Crippen LogP contribution is -2.37. The molecule has 0 unspecified atom stereocenters. The van der Waals surface area contributed by atoms with Gasteiger partial charge < -0.3 is 4.90 Å². The van der Waals surface area contributed by atoms with Gasteiger partial charge in [0.05, 0.1) is 18.4 Å². The second kappa shape index (κ2) is 7.76. The number of anilines is 1. The van der Waals surface area contributed by atoms with Crippen molar-refractivity contribution in [3.8, 4) is 0 Å². The number of hydrogen-bond acceptors (Lipinski definition) is 3. The normalized spacial score (nSPS) is 15.7. The predicted molar refractivity (Wildman–Crippen MR) is 89.2 cm³/mol. The molecule has 0 spiro atoms. The molecule has 0 aromatic carbocycles. The fourth-order valence-electron chi connectivity index (χ4n) is 2.85. The topological polar surface area (TPSA) is 63.1 Å². The molecule has 0 saturated carbocycles. The van der Waals surface area contributed by atoms with E-state index in [-0.39, 0.29) is 6.03 Å².